The van der Waals surface area contributed by atoms with E-state index in [9.17, 15) is 4.79 Å². The Bertz CT molecular complexity index is 973. The lowest BCUT2D eigenvalue weighted by atomic mass is 10.1. The van der Waals surface area contributed by atoms with Crippen molar-refractivity contribution < 1.29 is 4.79 Å². The summed E-state index contributed by atoms with van der Waals surface area (Å²) in [4.78, 5) is 22.4. The minimum absolute atomic E-state index is 0.0212. The van der Waals surface area contributed by atoms with E-state index in [0.717, 1.165) is 61.8 Å². The van der Waals surface area contributed by atoms with Crippen LogP contribution in [0.25, 0.3) is 0 Å². The number of amides is 1. The lowest BCUT2D eigenvalue weighted by molar-refractivity contribution is -0.123. The van der Waals surface area contributed by atoms with Crippen LogP contribution in [0.1, 0.15) is 38.7 Å². The molecule has 182 valence electrons. The maximum atomic E-state index is 13.3. The molecule has 1 fully saturated rings. The summed E-state index contributed by atoms with van der Waals surface area (Å²) in [5.41, 5.74) is 3.08. The van der Waals surface area contributed by atoms with Gasteiger partial charge in [-0.3, -0.25) is 19.6 Å². The molecule has 1 atom stereocenters. The predicted molar refractivity (Wildman–Crippen MR) is 144 cm³/mol. The van der Waals surface area contributed by atoms with Gasteiger partial charge in [-0.15, -0.1) is 0 Å². The van der Waals surface area contributed by atoms with Crippen LogP contribution in [0.15, 0.2) is 65.3 Å². The number of piperazine rings is 1. The van der Waals surface area contributed by atoms with E-state index in [1.54, 1.807) is 12.1 Å². The average Bonchev–Trinajstić information content (AvgIpc) is 2.84. The Labute approximate surface area is 213 Å². The van der Waals surface area contributed by atoms with Gasteiger partial charge in [0.15, 0.2) is 0 Å². The second-order valence-electron chi connectivity index (χ2n) is 8.53. The molecule has 1 aliphatic heterocycles. The number of hydrogen-bond acceptors (Lipinski definition) is 4. The van der Waals surface area contributed by atoms with E-state index in [1.807, 2.05) is 44.3 Å². The zero-order valence-electron chi connectivity index (χ0n) is 20.0. The number of halogens is 2. The Hall–Kier alpha value is -2.18. The highest BCUT2D eigenvalue weighted by atomic mass is 35.5. The molecule has 1 unspecified atom stereocenters. The summed E-state index contributed by atoms with van der Waals surface area (Å²) in [7, 11) is 0. The monoisotopic (exact) mass is 500 g/mol. The van der Waals surface area contributed by atoms with Crippen LogP contribution in [-0.4, -0.2) is 54.1 Å². The van der Waals surface area contributed by atoms with E-state index < -0.39 is 0 Å². The minimum atomic E-state index is -0.216. The molecule has 2 aromatic rings. The van der Waals surface area contributed by atoms with E-state index in [4.69, 9.17) is 23.2 Å². The van der Waals surface area contributed by atoms with E-state index in [-0.39, 0.29) is 11.9 Å². The molecule has 0 aromatic heterocycles. The lowest BCUT2D eigenvalue weighted by Crippen LogP contribution is -2.57. The summed E-state index contributed by atoms with van der Waals surface area (Å²) in [6.45, 7) is 8.12. The van der Waals surface area contributed by atoms with E-state index in [0.29, 0.717) is 11.6 Å². The molecule has 1 saturated heterocycles. The molecule has 2 aromatic carbocycles. The first kappa shape index (κ1) is 26.4. The number of benzene rings is 2. The number of nitrogens with zero attached hydrogens (tertiary/aromatic N) is 3. The molecule has 1 aliphatic rings. The van der Waals surface area contributed by atoms with Crippen molar-refractivity contribution in [3.63, 3.8) is 0 Å². The van der Waals surface area contributed by atoms with Crippen LogP contribution in [0.4, 0.5) is 5.69 Å². The molecule has 34 heavy (non-hydrogen) atoms. The summed E-state index contributed by atoms with van der Waals surface area (Å²) in [5, 5.41) is 4.47. The number of unbranched alkanes of at least 4 members (excludes halogenated alkanes) is 1. The summed E-state index contributed by atoms with van der Waals surface area (Å²) in [6.07, 6.45) is 6.94. The molecule has 3 rings (SSSR count). The molecule has 5 nitrogen and oxygen atoms in total. The fraction of sp³-hybridized carbons (Fsp3) is 0.407. The Balaban J connectivity index is 1.63. The van der Waals surface area contributed by atoms with Crippen molar-refractivity contribution in [2.75, 3.05) is 31.5 Å². The molecule has 0 bridgehead atoms. The van der Waals surface area contributed by atoms with Crippen LogP contribution < -0.4 is 5.32 Å². The van der Waals surface area contributed by atoms with Crippen LogP contribution in [0.3, 0.4) is 0 Å². The molecule has 0 aliphatic carbocycles. The van der Waals surface area contributed by atoms with E-state index >= 15 is 0 Å². The quantitative estimate of drug-likeness (QED) is 0.308. The van der Waals surface area contributed by atoms with Crippen molar-refractivity contribution in [1.29, 1.82) is 0 Å². The highest BCUT2D eigenvalue weighted by molar-refractivity contribution is 6.30. The van der Waals surface area contributed by atoms with Crippen molar-refractivity contribution in [3.05, 3.63) is 75.9 Å². The van der Waals surface area contributed by atoms with E-state index in [2.05, 4.69) is 38.3 Å². The Kier molecular flexibility index (Phi) is 10.6. The van der Waals surface area contributed by atoms with Gasteiger partial charge in [0.05, 0.1) is 0 Å². The smallest absolute Gasteiger partial charge is 0.243 e. The first-order chi connectivity index (χ1) is 16.5. The third kappa shape index (κ3) is 8.24. The molecule has 1 heterocycles. The molecule has 0 spiro atoms. The summed E-state index contributed by atoms with van der Waals surface area (Å²) in [6, 6.07) is 15.0. The van der Waals surface area contributed by atoms with Gasteiger partial charge in [-0.25, -0.2) is 0 Å². The lowest BCUT2D eigenvalue weighted by Gasteiger charge is -2.40. The van der Waals surface area contributed by atoms with Gasteiger partial charge in [0.2, 0.25) is 5.91 Å². The fourth-order valence-corrected chi connectivity index (χ4v) is 4.47. The first-order valence-electron chi connectivity index (χ1n) is 11.9. The van der Waals surface area contributed by atoms with Crippen LogP contribution in [-0.2, 0) is 11.3 Å². The highest BCUT2D eigenvalue weighted by Gasteiger charge is 2.32. The van der Waals surface area contributed by atoms with Crippen LogP contribution in [0.2, 0.25) is 10.0 Å². The molecule has 1 amide bonds. The van der Waals surface area contributed by atoms with Gasteiger partial charge in [-0.1, -0.05) is 41.4 Å². The fourth-order valence-electron chi connectivity index (χ4n) is 4.21. The van der Waals surface area contributed by atoms with Crippen molar-refractivity contribution in [2.45, 2.75) is 45.7 Å². The number of nitrogens with one attached hydrogen (secondary N) is 1. The minimum Gasteiger partial charge on any atom is -0.325 e. The Morgan fingerprint density at radius 3 is 2.35 bits per heavy atom. The Morgan fingerprint density at radius 2 is 1.71 bits per heavy atom. The van der Waals surface area contributed by atoms with Gasteiger partial charge in [-0.05, 0) is 81.6 Å². The maximum absolute atomic E-state index is 13.3. The highest BCUT2D eigenvalue weighted by Crippen LogP contribution is 2.19. The van der Waals surface area contributed by atoms with Gasteiger partial charge < -0.3 is 5.32 Å². The van der Waals surface area contributed by atoms with Crippen LogP contribution in [0.5, 0.6) is 0 Å². The summed E-state index contributed by atoms with van der Waals surface area (Å²) < 4.78 is 0. The molecular weight excluding hydrogens is 467 g/mol. The second-order valence-corrected chi connectivity index (χ2v) is 9.41. The van der Waals surface area contributed by atoms with Gasteiger partial charge >= 0.3 is 0 Å². The topological polar surface area (TPSA) is 47.9 Å². The SMILES string of the molecule is CC=N/C(=C\C)CCCCN1CCN(Cc2ccc(Cl)cc2)CC1C(=O)Nc1ccc(Cl)cc1. The van der Waals surface area contributed by atoms with Gasteiger partial charge in [0.1, 0.15) is 6.04 Å². The zero-order valence-corrected chi connectivity index (χ0v) is 21.5. The standard InChI is InChI=1S/C27H34Cl2N4O/c1-3-24(30-4-2)7-5-6-16-33-18-17-32(19-21-8-10-22(28)11-9-21)20-26(33)27(34)31-25-14-12-23(29)13-15-25/h3-4,8-15,26H,5-7,16-20H2,1-2H3,(H,31,34)/b24-3-,30-4?. The third-order valence-electron chi connectivity index (χ3n) is 6.07. The van der Waals surface area contributed by atoms with Crippen molar-refractivity contribution in [1.82, 2.24) is 9.80 Å². The first-order valence-corrected chi connectivity index (χ1v) is 12.6. The predicted octanol–water partition coefficient (Wildman–Crippen LogP) is 6.28. The normalized spacial score (nSPS) is 17.9. The van der Waals surface area contributed by atoms with Crippen molar-refractivity contribution >= 4 is 41.0 Å². The molecule has 0 radical (unpaired) electrons. The van der Waals surface area contributed by atoms with Crippen molar-refractivity contribution in [3.8, 4) is 0 Å². The molecular formula is C27H34Cl2N4O. The number of anilines is 1. The van der Waals surface area contributed by atoms with Crippen molar-refractivity contribution in [2.24, 2.45) is 4.99 Å². The summed E-state index contributed by atoms with van der Waals surface area (Å²) >= 11 is 12.0. The Morgan fingerprint density at radius 1 is 1.03 bits per heavy atom. The zero-order chi connectivity index (χ0) is 24.3. The maximum Gasteiger partial charge on any atom is 0.243 e. The van der Waals surface area contributed by atoms with Crippen LogP contribution >= 0.6 is 23.2 Å². The van der Waals surface area contributed by atoms with Crippen LogP contribution in [0, 0.1) is 0 Å². The second kappa shape index (κ2) is 13.6. The molecule has 0 saturated carbocycles. The third-order valence-corrected chi connectivity index (χ3v) is 6.57. The number of hydrogen-bond donors (Lipinski definition) is 1. The van der Waals surface area contributed by atoms with Gasteiger partial charge in [0.25, 0.3) is 0 Å². The van der Waals surface area contributed by atoms with Gasteiger partial charge in [-0.2, -0.15) is 0 Å². The molecule has 7 heteroatoms. The molecule has 1 N–H and O–H groups in total. The number of carbonyl (C=O) groups is 1. The number of aliphatic imine (C=N–C) groups is 1. The van der Waals surface area contributed by atoms with Gasteiger partial charge in [0, 0.05) is 53.8 Å². The average molecular weight is 502 g/mol. The summed E-state index contributed by atoms with van der Waals surface area (Å²) in [5.74, 6) is 0.0212. The number of rotatable bonds is 10. The van der Waals surface area contributed by atoms with E-state index in [1.165, 1.54) is 5.56 Å². The number of allylic oxidation sites excluding steroid dienone is 2. The largest absolute Gasteiger partial charge is 0.325 e. The number of carbonyl (C=O) groups excluding carboxylic acids is 1.